The normalized spacial score (nSPS) is 11.6. The Morgan fingerprint density at radius 1 is 0.273 bits per heavy atom. The summed E-state index contributed by atoms with van der Waals surface area (Å²) in [5.74, 6) is 1.94. The van der Waals surface area contributed by atoms with Gasteiger partial charge in [-0.25, -0.2) is 15.0 Å². The molecule has 9 aromatic carbocycles. The predicted molar refractivity (Wildman–Crippen MR) is 232 cm³/mol. The van der Waals surface area contributed by atoms with Crippen molar-refractivity contribution in [3.8, 4) is 56.4 Å². The third-order valence-electron chi connectivity index (χ3n) is 10.7. The predicted octanol–water partition coefficient (Wildman–Crippen LogP) is 14.0. The molecule has 11 aromatic rings. The van der Waals surface area contributed by atoms with E-state index >= 15 is 0 Å². The smallest absolute Gasteiger partial charge is 0.164 e. The molecule has 0 N–H and O–H groups in total. The summed E-state index contributed by atoms with van der Waals surface area (Å²) < 4.78 is 2.62. The first-order valence-corrected chi connectivity index (χ1v) is 19.3. The van der Waals surface area contributed by atoms with Gasteiger partial charge in [0, 0.05) is 36.9 Å². The van der Waals surface area contributed by atoms with Gasteiger partial charge in [-0.3, -0.25) is 0 Å². The van der Waals surface area contributed by atoms with Crippen molar-refractivity contribution >= 4 is 63.8 Å². The molecule has 0 aliphatic carbocycles. The molecule has 0 bridgehead atoms. The fraction of sp³-hybridized carbons (Fsp3) is 0. The minimum atomic E-state index is 0.644. The number of hydrogen-bond acceptors (Lipinski definition) is 4. The largest absolute Gasteiger partial charge is 0.208 e. The Balaban J connectivity index is 1.11. The van der Waals surface area contributed by atoms with Crippen LogP contribution in [0.4, 0.5) is 0 Å². The van der Waals surface area contributed by atoms with Crippen molar-refractivity contribution in [2.75, 3.05) is 0 Å². The van der Waals surface area contributed by atoms with Crippen LogP contribution in [-0.4, -0.2) is 15.0 Å². The number of benzene rings is 9. The lowest BCUT2D eigenvalue weighted by molar-refractivity contribution is 1.07. The van der Waals surface area contributed by atoms with Crippen LogP contribution in [0.25, 0.3) is 109 Å². The quantitative estimate of drug-likeness (QED) is 0.166. The molecule has 256 valence electrons. The summed E-state index contributed by atoms with van der Waals surface area (Å²) in [6.45, 7) is 0. The minimum Gasteiger partial charge on any atom is -0.208 e. The van der Waals surface area contributed by atoms with Crippen LogP contribution in [0.5, 0.6) is 0 Å². The van der Waals surface area contributed by atoms with Crippen LogP contribution in [0.15, 0.2) is 188 Å². The number of fused-ring (bicyclic) bond motifs is 9. The SMILES string of the molecule is c1ccc(-c2ccc(-c3nc(-c4ccccc4)nc(-c4ccc5c(c4)c4ccccc4c4cccc(-c6ccc7c(c6)sc6ccccc67)c45)n3)cc2)cc1. The van der Waals surface area contributed by atoms with Gasteiger partial charge in [0.15, 0.2) is 17.5 Å². The van der Waals surface area contributed by atoms with E-state index < -0.39 is 0 Å². The summed E-state index contributed by atoms with van der Waals surface area (Å²) in [6, 6.07) is 66.9. The van der Waals surface area contributed by atoms with Crippen molar-refractivity contribution in [1.82, 2.24) is 15.0 Å². The molecule has 0 saturated carbocycles. The summed E-state index contributed by atoms with van der Waals surface area (Å²) >= 11 is 1.86. The molecule has 0 saturated heterocycles. The van der Waals surface area contributed by atoms with Crippen LogP contribution in [0.3, 0.4) is 0 Å². The molecular formula is C51H31N3S. The highest BCUT2D eigenvalue weighted by atomic mass is 32.1. The van der Waals surface area contributed by atoms with E-state index in [0.717, 1.165) is 22.3 Å². The molecule has 4 heteroatoms. The van der Waals surface area contributed by atoms with Crippen LogP contribution >= 0.6 is 11.3 Å². The standard InChI is InChI=1S/C51H31N3S/c1-3-12-32(13-4-1)33-22-24-35(25-23-33)50-52-49(34-14-5-2-6-15-34)53-51(54-50)37-27-29-44-45(30-37)40-17-8-7-16-39(40)43-20-11-19-38(48(43)44)36-26-28-42-41-18-9-10-21-46(41)55-47(42)31-36/h1-31H. The average molecular weight is 718 g/mol. The molecular weight excluding hydrogens is 687 g/mol. The van der Waals surface area contributed by atoms with Crippen LogP contribution in [0.1, 0.15) is 0 Å². The zero-order valence-corrected chi connectivity index (χ0v) is 30.5. The summed E-state index contributed by atoms with van der Waals surface area (Å²) in [4.78, 5) is 15.3. The van der Waals surface area contributed by atoms with Gasteiger partial charge < -0.3 is 0 Å². The zero-order chi connectivity index (χ0) is 36.3. The van der Waals surface area contributed by atoms with Gasteiger partial charge in [-0.2, -0.15) is 0 Å². The lowest BCUT2D eigenvalue weighted by Gasteiger charge is -2.15. The van der Waals surface area contributed by atoms with Crippen LogP contribution in [0, 0.1) is 0 Å². The second-order valence-electron chi connectivity index (χ2n) is 14.0. The van der Waals surface area contributed by atoms with Gasteiger partial charge in [0.05, 0.1) is 0 Å². The van der Waals surface area contributed by atoms with Crippen molar-refractivity contribution in [3.05, 3.63) is 188 Å². The monoisotopic (exact) mass is 717 g/mol. The molecule has 2 heterocycles. The van der Waals surface area contributed by atoms with Crippen molar-refractivity contribution in [2.24, 2.45) is 0 Å². The summed E-state index contributed by atoms with van der Waals surface area (Å²) in [5, 5.41) is 9.94. The highest BCUT2D eigenvalue weighted by Gasteiger charge is 2.17. The van der Waals surface area contributed by atoms with Crippen molar-refractivity contribution in [1.29, 1.82) is 0 Å². The maximum atomic E-state index is 5.14. The molecule has 0 amide bonds. The fourth-order valence-electron chi connectivity index (χ4n) is 8.07. The molecule has 0 radical (unpaired) electrons. The average Bonchev–Trinajstić information content (AvgIpc) is 3.64. The van der Waals surface area contributed by atoms with Gasteiger partial charge in [0.1, 0.15) is 0 Å². The van der Waals surface area contributed by atoms with E-state index in [-0.39, 0.29) is 0 Å². The van der Waals surface area contributed by atoms with Crippen LogP contribution in [-0.2, 0) is 0 Å². The van der Waals surface area contributed by atoms with Crippen molar-refractivity contribution in [3.63, 3.8) is 0 Å². The van der Waals surface area contributed by atoms with E-state index in [1.807, 2.05) is 35.6 Å². The van der Waals surface area contributed by atoms with Crippen molar-refractivity contribution < 1.29 is 0 Å². The maximum Gasteiger partial charge on any atom is 0.164 e. The Morgan fingerprint density at radius 3 is 1.49 bits per heavy atom. The van der Waals surface area contributed by atoms with Gasteiger partial charge in [-0.1, -0.05) is 170 Å². The van der Waals surface area contributed by atoms with Crippen molar-refractivity contribution in [2.45, 2.75) is 0 Å². The first-order chi connectivity index (χ1) is 27.2. The highest BCUT2D eigenvalue weighted by molar-refractivity contribution is 7.25. The second kappa shape index (κ2) is 12.8. The maximum absolute atomic E-state index is 5.14. The highest BCUT2D eigenvalue weighted by Crippen LogP contribution is 2.43. The molecule has 3 nitrogen and oxygen atoms in total. The van der Waals surface area contributed by atoms with E-state index in [2.05, 4.69) is 164 Å². The number of aromatic nitrogens is 3. The van der Waals surface area contributed by atoms with Gasteiger partial charge >= 0.3 is 0 Å². The topological polar surface area (TPSA) is 38.7 Å². The Bertz CT molecular complexity index is 3240. The van der Waals surface area contributed by atoms with Crippen LogP contribution in [0.2, 0.25) is 0 Å². The summed E-state index contributed by atoms with van der Waals surface area (Å²) in [5.41, 5.74) is 7.62. The molecule has 2 aromatic heterocycles. The Hall–Kier alpha value is -7.01. The van der Waals surface area contributed by atoms with E-state index in [9.17, 15) is 0 Å². The van der Waals surface area contributed by atoms with Gasteiger partial charge in [0.2, 0.25) is 0 Å². The summed E-state index contributed by atoms with van der Waals surface area (Å²) in [7, 11) is 0. The molecule has 55 heavy (non-hydrogen) atoms. The Kier molecular flexibility index (Phi) is 7.35. The molecule has 0 fully saturated rings. The van der Waals surface area contributed by atoms with E-state index in [1.54, 1.807) is 0 Å². The number of hydrogen-bond donors (Lipinski definition) is 0. The number of rotatable bonds is 5. The molecule has 0 spiro atoms. The van der Waals surface area contributed by atoms with Gasteiger partial charge in [0.25, 0.3) is 0 Å². The number of nitrogens with zero attached hydrogens (tertiary/aromatic N) is 3. The zero-order valence-electron chi connectivity index (χ0n) is 29.6. The lowest BCUT2D eigenvalue weighted by Crippen LogP contribution is -2.00. The van der Waals surface area contributed by atoms with Gasteiger partial charge in [-0.15, -0.1) is 11.3 Å². The number of thiophene rings is 1. The Labute approximate surface area is 321 Å². The van der Waals surface area contributed by atoms with E-state index in [0.29, 0.717) is 17.5 Å². The van der Waals surface area contributed by atoms with Crippen LogP contribution < -0.4 is 0 Å². The molecule has 0 aliphatic heterocycles. The molecule has 0 aliphatic rings. The fourth-order valence-corrected chi connectivity index (χ4v) is 9.22. The Morgan fingerprint density at radius 2 is 0.745 bits per heavy atom. The lowest BCUT2D eigenvalue weighted by atomic mass is 9.88. The molecule has 0 unspecified atom stereocenters. The third kappa shape index (κ3) is 5.38. The second-order valence-corrected chi connectivity index (χ2v) is 15.0. The van der Waals surface area contributed by atoms with E-state index in [4.69, 9.17) is 15.0 Å². The summed E-state index contributed by atoms with van der Waals surface area (Å²) in [6.07, 6.45) is 0. The third-order valence-corrected chi connectivity index (χ3v) is 11.9. The first kappa shape index (κ1) is 31.5. The van der Waals surface area contributed by atoms with E-state index in [1.165, 1.54) is 69.2 Å². The first-order valence-electron chi connectivity index (χ1n) is 18.5. The van der Waals surface area contributed by atoms with Gasteiger partial charge in [-0.05, 0) is 72.8 Å². The molecule has 0 atom stereocenters. The molecule has 11 rings (SSSR count). The minimum absolute atomic E-state index is 0.644.